The van der Waals surface area contributed by atoms with Gasteiger partial charge in [-0.15, -0.1) is 0 Å². The van der Waals surface area contributed by atoms with E-state index in [9.17, 15) is 14.7 Å². The van der Waals surface area contributed by atoms with Crippen LogP contribution in [-0.4, -0.2) is 36.5 Å². The Bertz CT molecular complexity index is 736. The van der Waals surface area contributed by atoms with E-state index in [1.165, 1.54) is 37.1 Å². The summed E-state index contributed by atoms with van der Waals surface area (Å²) < 4.78 is 3.00. The van der Waals surface area contributed by atoms with Gasteiger partial charge in [0.25, 0.3) is 5.91 Å². The van der Waals surface area contributed by atoms with Gasteiger partial charge in [0.05, 0.1) is 29.2 Å². The molecule has 0 atom stereocenters. The molecule has 2 N–H and O–H groups in total. The molecule has 2 rings (SSSR count). The van der Waals surface area contributed by atoms with Crippen LogP contribution in [0.2, 0.25) is 0 Å². The van der Waals surface area contributed by atoms with Gasteiger partial charge in [0.15, 0.2) is 5.54 Å². The molecular weight excluding hydrogens is 298 g/mol. The van der Waals surface area contributed by atoms with Crippen LogP contribution in [0.4, 0.5) is 5.69 Å². The average molecular weight is 319 g/mol. The molecule has 8 heteroatoms. The number of hydrogen-bond acceptors (Lipinski definition) is 4. The predicted octanol–water partition coefficient (Wildman–Crippen LogP) is 1.91. The maximum Gasteiger partial charge on any atom is 0.331 e. The molecule has 2 aromatic heterocycles. The molecule has 2 aromatic rings. The molecule has 0 aliphatic rings. The zero-order chi connectivity index (χ0) is 17.4. The fourth-order valence-electron chi connectivity index (χ4n) is 1.80. The van der Waals surface area contributed by atoms with Crippen molar-refractivity contribution in [1.82, 2.24) is 19.6 Å². The third-order valence-electron chi connectivity index (χ3n) is 3.47. The third-order valence-corrected chi connectivity index (χ3v) is 3.47. The van der Waals surface area contributed by atoms with E-state index in [2.05, 4.69) is 15.5 Å². The Kier molecular flexibility index (Phi) is 4.02. The van der Waals surface area contributed by atoms with Crippen molar-refractivity contribution in [2.24, 2.45) is 0 Å². The van der Waals surface area contributed by atoms with Gasteiger partial charge >= 0.3 is 5.97 Å². The molecule has 0 saturated heterocycles. The summed E-state index contributed by atoms with van der Waals surface area (Å²) in [5.41, 5.74) is -0.562. The molecule has 1 amide bonds. The van der Waals surface area contributed by atoms with E-state index in [1.54, 1.807) is 10.9 Å². The van der Waals surface area contributed by atoms with Crippen LogP contribution in [-0.2, 0) is 15.9 Å². The fraction of sp³-hybridized carbons (Fsp3) is 0.467. The van der Waals surface area contributed by atoms with Gasteiger partial charge in [0, 0.05) is 12.4 Å². The first-order valence-corrected chi connectivity index (χ1v) is 7.17. The summed E-state index contributed by atoms with van der Waals surface area (Å²) >= 11 is 0. The fourth-order valence-corrected chi connectivity index (χ4v) is 1.80. The minimum atomic E-state index is -1.19. The number of hydrogen-bond donors (Lipinski definition) is 2. The number of rotatable bonds is 4. The van der Waals surface area contributed by atoms with Crippen molar-refractivity contribution in [3.63, 3.8) is 0 Å². The second kappa shape index (κ2) is 5.53. The number of aliphatic carboxylic acids is 1. The van der Waals surface area contributed by atoms with E-state index in [0.29, 0.717) is 11.3 Å². The highest BCUT2D eigenvalue weighted by Crippen LogP contribution is 2.18. The van der Waals surface area contributed by atoms with Gasteiger partial charge in [-0.25, -0.2) is 4.79 Å². The molecule has 124 valence electrons. The number of nitrogens with zero attached hydrogens (tertiary/aromatic N) is 4. The number of carbonyl (C=O) groups is 2. The Morgan fingerprint density at radius 3 is 2.17 bits per heavy atom. The smallest absolute Gasteiger partial charge is 0.331 e. The predicted molar refractivity (Wildman–Crippen MR) is 84.4 cm³/mol. The van der Waals surface area contributed by atoms with Crippen LogP contribution in [0.1, 0.15) is 45.0 Å². The molecular formula is C15H21N5O3. The number of carbonyl (C=O) groups excluding carboxylic acids is 1. The van der Waals surface area contributed by atoms with Crippen LogP contribution in [0.5, 0.6) is 0 Å². The number of carboxylic acids is 1. The van der Waals surface area contributed by atoms with Gasteiger partial charge in [0.1, 0.15) is 0 Å². The number of nitrogens with one attached hydrogen (secondary N) is 1. The number of carboxylic acid groups (broad SMARTS) is 1. The lowest BCUT2D eigenvalue weighted by molar-refractivity contribution is -0.146. The molecule has 0 saturated carbocycles. The largest absolute Gasteiger partial charge is 0.479 e. The van der Waals surface area contributed by atoms with Crippen LogP contribution < -0.4 is 5.32 Å². The van der Waals surface area contributed by atoms with Gasteiger partial charge in [-0.3, -0.25) is 14.2 Å². The molecule has 0 aliphatic carbocycles. The van der Waals surface area contributed by atoms with E-state index in [-0.39, 0.29) is 11.4 Å². The Labute approximate surface area is 134 Å². The summed E-state index contributed by atoms with van der Waals surface area (Å²) in [6.07, 6.45) is 6.06. The van der Waals surface area contributed by atoms with E-state index in [4.69, 9.17) is 0 Å². The molecule has 0 bridgehead atoms. The molecule has 0 aromatic carbocycles. The van der Waals surface area contributed by atoms with Crippen molar-refractivity contribution in [1.29, 1.82) is 0 Å². The highest BCUT2D eigenvalue weighted by atomic mass is 16.4. The van der Waals surface area contributed by atoms with Gasteiger partial charge in [0.2, 0.25) is 0 Å². The molecule has 0 fully saturated rings. The number of anilines is 1. The van der Waals surface area contributed by atoms with Crippen LogP contribution in [0.25, 0.3) is 0 Å². The molecule has 23 heavy (non-hydrogen) atoms. The summed E-state index contributed by atoms with van der Waals surface area (Å²) in [5, 5.41) is 20.0. The highest BCUT2D eigenvalue weighted by Gasteiger charge is 2.30. The molecule has 0 unspecified atom stereocenters. The standard InChI is InChI=1S/C15H21N5O3/c1-14(2,3)19-8-10(6-16-19)12(21)18-11-7-17-20(9-11)15(4,5)13(22)23/h6-9H,1-5H3,(H,18,21)(H,22,23). The summed E-state index contributed by atoms with van der Waals surface area (Å²) in [6, 6.07) is 0. The van der Waals surface area contributed by atoms with Crippen LogP contribution >= 0.6 is 0 Å². The van der Waals surface area contributed by atoms with Crippen LogP contribution in [0, 0.1) is 0 Å². The maximum absolute atomic E-state index is 12.2. The van der Waals surface area contributed by atoms with Crippen molar-refractivity contribution in [2.45, 2.75) is 45.7 Å². The topological polar surface area (TPSA) is 102 Å². The third kappa shape index (κ3) is 3.41. The second-order valence-electron chi connectivity index (χ2n) is 6.84. The van der Waals surface area contributed by atoms with Crippen molar-refractivity contribution >= 4 is 17.6 Å². The quantitative estimate of drug-likeness (QED) is 0.896. The lowest BCUT2D eigenvalue weighted by Crippen LogP contribution is -2.35. The van der Waals surface area contributed by atoms with Gasteiger partial charge < -0.3 is 10.4 Å². The lowest BCUT2D eigenvalue weighted by Gasteiger charge is -2.19. The van der Waals surface area contributed by atoms with Crippen molar-refractivity contribution in [3.8, 4) is 0 Å². The molecule has 8 nitrogen and oxygen atoms in total. The first-order valence-electron chi connectivity index (χ1n) is 7.17. The van der Waals surface area contributed by atoms with Crippen molar-refractivity contribution in [2.75, 3.05) is 5.32 Å². The van der Waals surface area contributed by atoms with Crippen molar-refractivity contribution in [3.05, 3.63) is 30.4 Å². The zero-order valence-corrected chi connectivity index (χ0v) is 13.9. The number of amides is 1. The van der Waals surface area contributed by atoms with E-state index in [1.807, 2.05) is 20.8 Å². The molecule has 2 heterocycles. The Hall–Kier alpha value is -2.64. The first-order chi connectivity index (χ1) is 10.5. The SMILES string of the molecule is CC(C)(C)n1cc(C(=O)Nc2cnn(C(C)(C)C(=O)O)c2)cn1. The summed E-state index contributed by atoms with van der Waals surface area (Å²) in [7, 11) is 0. The summed E-state index contributed by atoms with van der Waals surface area (Å²) in [5.74, 6) is -1.34. The maximum atomic E-state index is 12.2. The van der Waals surface area contributed by atoms with Crippen LogP contribution in [0.3, 0.4) is 0 Å². The normalized spacial score (nSPS) is 12.2. The Morgan fingerprint density at radius 2 is 1.65 bits per heavy atom. The summed E-state index contributed by atoms with van der Waals surface area (Å²) in [6.45, 7) is 9.02. The second-order valence-corrected chi connectivity index (χ2v) is 6.84. The molecule has 0 radical (unpaired) electrons. The van der Waals surface area contributed by atoms with Gasteiger partial charge in [-0.05, 0) is 34.6 Å². The first kappa shape index (κ1) is 16.7. The Morgan fingerprint density at radius 1 is 1.04 bits per heavy atom. The minimum absolute atomic E-state index is 0.213. The molecule has 0 spiro atoms. The lowest BCUT2D eigenvalue weighted by atomic mass is 10.1. The van der Waals surface area contributed by atoms with Crippen molar-refractivity contribution < 1.29 is 14.7 Å². The van der Waals surface area contributed by atoms with E-state index < -0.39 is 11.5 Å². The highest BCUT2D eigenvalue weighted by molar-refractivity contribution is 6.03. The Balaban J connectivity index is 2.14. The van der Waals surface area contributed by atoms with Crippen LogP contribution in [0.15, 0.2) is 24.8 Å². The zero-order valence-electron chi connectivity index (χ0n) is 13.9. The van der Waals surface area contributed by atoms with Gasteiger partial charge in [-0.1, -0.05) is 0 Å². The summed E-state index contributed by atoms with van der Waals surface area (Å²) in [4.78, 5) is 23.4. The monoisotopic (exact) mass is 319 g/mol. The average Bonchev–Trinajstić information content (AvgIpc) is 3.06. The molecule has 0 aliphatic heterocycles. The van der Waals surface area contributed by atoms with E-state index >= 15 is 0 Å². The number of aromatic nitrogens is 4. The minimum Gasteiger partial charge on any atom is -0.479 e. The van der Waals surface area contributed by atoms with E-state index in [0.717, 1.165) is 0 Å². The van der Waals surface area contributed by atoms with Gasteiger partial charge in [-0.2, -0.15) is 10.2 Å².